The van der Waals surface area contributed by atoms with Crippen LogP contribution >= 0.6 is 23.1 Å². The molecular formula is C18H15NO3S2. The first-order chi connectivity index (χ1) is 11.7. The zero-order valence-electron chi connectivity index (χ0n) is 12.9. The van der Waals surface area contributed by atoms with Gasteiger partial charge in [0.2, 0.25) is 5.91 Å². The number of fused-ring (bicyclic) bond motifs is 1. The number of thiophene rings is 1. The molecule has 1 amide bonds. The molecule has 0 radical (unpaired) electrons. The van der Waals surface area contributed by atoms with Gasteiger partial charge < -0.3 is 10.1 Å². The molecule has 0 saturated heterocycles. The smallest absolute Gasteiger partial charge is 0.341 e. The van der Waals surface area contributed by atoms with Crippen molar-refractivity contribution in [3.63, 3.8) is 0 Å². The summed E-state index contributed by atoms with van der Waals surface area (Å²) in [6.07, 6.45) is 0. The number of ether oxygens (including phenoxy) is 1. The van der Waals surface area contributed by atoms with Crippen LogP contribution in [0, 0.1) is 0 Å². The number of amides is 1. The highest BCUT2D eigenvalue weighted by molar-refractivity contribution is 8.00. The van der Waals surface area contributed by atoms with Gasteiger partial charge in [-0.2, -0.15) is 0 Å². The predicted octanol–water partition coefficient (Wildman–Crippen LogP) is 4.42. The van der Waals surface area contributed by atoms with Crippen molar-refractivity contribution in [3.8, 4) is 0 Å². The zero-order chi connectivity index (χ0) is 16.9. The largest absolute Gasteiger partial charge is 0.465 e. The lowest BCUT2D eigenvalue weighted by atomic mass is 10.1. The number of anilines is 1. The van der Waals surface area contributed by atoms with Crippen molar-refractivity contribution in [3.05, 3.63) is 60.2 Å². The van der Waals surface area contributed by atoms with E-state index in [4.69, 9.17) is 4.74 Å². The lowest BCUT2D eigenvalue weighted by Gasteiger charge is -2.05. The fraction of sp³-hybridized carbons (Fsp3) is 0.111. The lowest BCUT2D eigenvalue weighted by Crippen LogP contribution is -2.15. The van der Waals surface area contributed by atoms with E-state index in [0.717, 1.165) is 15.0 Å². The highest BCUT2D eigenvalue weighted by atomic mass is 32.2. The molecule has 0 aliphatic carbocycles. The quantitative estimate of drug-likeness (QED) is 0.542. The number of hydrogen-bond donors (Lipinski definition) is 1. The van der Waals surface area contributed by atoms with Gasteiger partial charge in [-0.15, -0.1) is 23.1 Å². The molecule has 24 heavy (non-hydrogen) atoms. The van der Waals surface area contributed by atoms with Gasteiger partial charge in [-0.1, -0.05) is 36.4 Å². The van der Waals surface area contributed by atoms with E-state index in [1.165, 1.54) is 30.2 Å². The predicted molar refractivity (Wildman–Crippen MR) is 99.0 cm³/mol. The van der Waals surface area contributed by atoms with Gasteiger partial charge in [-0.25, -0.2) is 4.79 Å². The van der Waals surface area contributed by atoms with Gasteiger partial charge in [-0.3, -0.25) is 4.79 Å². The first-order valence-corrected chi connectivity index (χ1v) is 9.07. The Bertz CT molecular complexity index is 874. The van der Waals surface area contributed by atoms with Crippen LogP contribution in [0.3, 0.4) is 0 Å². The summed E-state index contributed by atoms with van der Waals surface area (Å²) in [5.74, 6) is -0.321. The van der Waals surface area contributed by atoms with Crippen LogP contribution in [-0.4, -0.2) is 24.7 Å². The average molecular weight is 357 g/mol. The average Bonchev–Trinajstić information content (AvgIpc) is 2.98. The molecule has 1 N–H and O–H groups in total. The van der Waals surface area contributed by atoms with E-state index < -0.39 is 5.97 Å². The normalized spacial score (nSPS) is 10.5. The molecule has 3 aromatic rings. The minimum atomic E-state index is -0.446. The number of rotatable bonds is 5. The van der Waals surface area contributed by atoms with Crippen molar-refractivity contribution in [2.45, 2.75) is 4.90 Å². The van der Waals surface area contributed by atoms with Crippen molar-refractivity contribution in [2.75, 3.05) is 18.2 Å². The van der Waals surface area contributed by atoms with E-state index in [0.29, 0.717) is 10.6 Å². The fourth-order valence-electron chi connectivity index (χ4n) is 2.27. The molecule has 0 spiro atoms. The van der Waals surface area contributed by atoms with Crippen LogP contribution < -0.4 is 5.32 Å². The molecule has 0 aliphatic heterocycles. The van der Waals surface area contributed by atoms with Crippen LogP contribution in [0.2, 0.25) is 0 Å². The molecule has 6 heteroatoms. The Balaban J connectivity index is 1.79. The SMILES string of the molecule is COC(=O)c1c(NC(=O)CSc2ccccc2)sc2ccccc12. The van der Waals surface area contributed by atoms with Crippen molar-refractivity contribution in [1.29, 1.82) is 0 Å². The van der Waals surface area contributed by atoms with E-state index >= 15 is 0 Å². The molecular weight excluding hydrogens is 342 g/mol. The summed E-state index contributed by atoms with van der Waals surface area (Å²) in [6.45, 7) is 0. The number of thioether (sulfide) groups is 1. The van der Waals surface area contributed by atoms with E-state index in [2.05, 4.69) is 5.32 Å². The Morgan fingerprint density at radius 1 is 1.08 bits per heavy atom. The first kappa shape index (κ1) is 16.5. The van der Waals surface area contributed by atoms with Gasteiger partial charge in [0.15, 0.2) is 0 Å². The second-order valence-corrected chi connectivity index (χ2v) is 7.04. The van der Waals surface area contributed by atoms with Gasteiger partial charge in [0.25, 0.3) is 0 Å². The van der Waals surface area contributed by atoms with E-state index in [-0.39, 0.29) is 11.7 Å². The van der Waals surface area contributed by atoms with Crippen LogP contribution in [0.4, 0.5) is 5.00 Å². The molecule has 0 bridgehead atoms. The molecule has 4 nitrogen and oxygen atoms in total. The Hall–Kier alpha value is -2.31. The summed E-state index contributed by atoms with van der Waals surface area (Å²) in [5.41, 5.74) is 0.413. The molecule has 122 valence electrons. The van der Waals surface area contributed by atoms with Crippen LogP contribution in [-0.2, 0) is 9.53 Å². The maximum absolute atomic E-state index is 12.2. The monoisotopic (exact) mass is 357 g/mol. The Morgan fingerprint density at radius 2 is 1.79 bits per heavy atom. The summed E-state index contributed by atoms with van der Waals surface area (Å²) in [5, 5.41) is 4.16. The summed E-state index contributed by atoms with van der Waals surface area (Å²) in [7, 11) is 1.34. The van der Waals surface area contributed by atoms with Crippen LogP contribution in [0.5, 0.6) is 0 Å². The highest BCUT2D eigenvalue weighted by Crippen LogP contribution is 2.36. The number of esters is 1. The maximum atomic E-state index is 12.2. The van der Waals surface area contributed by atoms with Crippen molar-refractivity contribution < 1.29 is 14.3 Å². The summed E-state index contributed by atoms with van der Waals surface area (Å²) in [6, 6.07) is 17.2. The molecule has 1 heterocycles. The Kier molecular flexibility index (Phi) is 5.17. The Labute approximate surface area is 147 Å². The third kappa shape index (κ3) is 3.60. The van der Waals surface area contributed by atoms with Gasteiger partial charge in [0.05, 0.1) is 12.9 Å². The third-order valence-electron chi connectivity index (χ3n) is 3.35. The number of hydrogen-bond acceptors (Lipinski definition) is 5. The number of nitrogens with one attached hydrogen (secondary N) is 1. The third-order valence-corrected chi connectivity index (χ3v) is 5.45. The number of carbonyl (C=O) groups excluding carboxylic acids is 2. The molecule has 0 fully saturated rings. The van der Waals surface area contributed by atoms with E-state index in [1.54, 1.807) is 0 Å². The van der Waals surface area contributed by atoms with E-state index in [1.807, 2.05) is 54.6 Å². The van der Waals surface area contributed by atoms with Gasteiger partial charge >= 0.3 is 5.97 Å². The topological polar surface area (TPSA) is 55.4 Å². The standard InChI is InChI=1S/C18H15NO3S2/c1-22-18(21)16-13-9-5-6-10-14(13)24-17(16)19-15(20)11-23-12-7-3-2-4-8-12/h2-10H,11H2,1H3,(H,19,20). The van der Waals surface area contributed by atoms with Gasteiger partial charge in [0, 0.05) is 15.0 Å². The molecule has 1 aromatic heterocycles. The van der Waals surface area contributed by atoms with Gasteiger partial charge in [-0.05, 0) is 18.2 Å². The molecule has 0 unspecified atom stereocenters. The fourth-order valence-corrected chi connectivity index (χ4v) is 4.09. The van der Waals surface area contributed by atoms with Crippen molar-refractivity contribution in [1.82, 2.24) is 0 Å². The molecule has 0 aliphatic rings. The number of benzene rings is 2. The Morgan fingerprint density at radius 3 is 2.54 bits per heavy atom. The summed E-state index contributed by atoms with van der Waals surface area (Å²) < 4.78 is 5.80. The van der Waals surface area contributed by atoms with E-state index in [9.17, 15) is 9.59 Å². The number of methoxy groups -OCH3 is 1. The van der Waals surface area contributed by atoms with Crippen LogP contribution in [0.25, 0.3) is 10.1 Å². The lowest BCUT2D eigenvalue weighted by molar-refractivity contribution is -0.113. The zero-order valence-corrected chi connectivity index (χ0v) is 14.6. The summed E-state index contributed by atoms with van der Waals surface area (Å²) in [4.78, 5) is 25.4. The minimum absolute atomic E-state index is 0.152. The second-order valence-electron chi connectivity index (χ2n) is 4.94. The molecule has 0 saturated carbocycles. The minimum Gasteiger partial charge on any atom is -0.465 e. The maximum Gasteiger partial charge on any atom is 0.341 e. The van der Waals surface area contributed by atoms with Crippen molar-refractivity contribution in [2.24, 2.45) is 0 Å². The molecule has 2 aromatic carbocycles. The molecule has 0 atom stereocenters. The highest BCUT2D eigenvalue weighted by Gasteiger charge is 2.20. The summed E-state index contributed by atoms with van der Waals surface area (Å²) >= 11 is 2.83. The van der Waals surface area contributed by atoms with Gasteiger partial charge in [0.1, 0.15) is 10.6 Å². The molecule has 3 rings (SSSR count). The second kappa shape index (κ2) is 7.51. The van der Waals surface area contributed by atoms with Crippen LogP contribution in [0.1, 0.15) is 10.4 Å². The first-order valence-electron chi connectivity index (χ1n) is 7.26. The van der Waals surface area contributed by atoms with Crippen molar-refractivity contribution >= 4 is 50.1 Å². The number of carbonyl (C=O) groups is 2. The van der Waals surface area contributed by atoms with Crippen LogP contribution in [0.15, 0.2) is 59.5 Å².